The molecule has 3 nitrogen and oxygen atoms in total. The number of benzene rings is 1. The van der Waals surface area contributed by atoms with Crippen LogP contribution in [0.2, 0.25) is 0 Å². The van der Waals surface area contributed by atoms with Gasteiger partial charge in [-0.15, -0.1) is 0 Å². The molecule has 0 saturated carbocycles. The van der Waals surface area contributed by atoms with Crippen molar-refractivity contribution in [3.8, 4) is 0 Å². The van der Waals surface area contributed by atoms with E-state index in [0.717, 1.165) is 0 Å². The summed E-state index contributed by atoms with van der Waals surface area (Å²) < 4.78 is 24.7. The van der Waals surface area contributed by atoms with E-state index in [9.17, 15) is 4.39 Å². The van der Waals surface area contributed by atoms with Gasteiger partial charge in [0.1, 0.15) is 11.9 Å². The van der Waals surface area contributed by atoms with Crippen LogP contribution in [-0.4, -0.2) is 25.4 Å². The fraction of sp³-hybridized carbons (Fsp3) is 0.571. The second kappa shape index (κ2) is 7.46. The van der Waals surface area contributed by atoms with E-state index in [2.05, 4.69) is 0 Å². The Balaban J connectivity index is 2.58. The van der Waals surface area contributed by atoms with E-state index in [4.69, 9.17) is 15.2 Å². The van der Waals surface area contributed by atoms with Crippen LogP contribution in [-0.2, 0) is 9.47 Å². The van der Waals surface area contributed by atoms with Crippen LogP contribution in [0.5, 0.6) is 0 Å². The van der Waals surface area contributed by atoms with Gasteiger partial charge < -0.3 is 15.2 Å². The molecule has 2 unspecified atom stereocenters. The molecule has 1 rings (SSSR count). The molecule has 0 fully saturated rings. The van der Waals surface area contributed by atoms with Crippen LogP contribution in [0.3, 0.4) is 0 Å². The van der Waals surface area contributed by atoms with Gasteiger partial charge in [-0.3, -0.25) is 0 Å². The largest absolute Gasteiger partial charge is 0.376 e. The third kappa shape index (κ3) is 4.72. The second-order valence-corrected chi connectivity index (χ2v) is 4.59. The molecule has 0 radical (unpaired) electrons. The van der Waals surface area contributed by atoms with Crippen molar-refractivity contribution in [1.29, 1.82) is 0 Å². The lowest BCUT2D eigenvalue weighted by molar-refractivity contribution is -0.0212. The zero-order valence-corrected chi connectivity index (χ0v) is 11.2. The van der Waals surface area contributed by atoms with Crippen LogP contribution < -0.4 is 5.73 Å². The van der Waals surface area contributed by atoms with Gasteiger partial charge in [0, 0.05) is 11.6 Å². The molecule has 0 bridgehead atoms. The van der Waals surface area contributed by atoms with Crippen molar-refractivity contribution in [2.45, 2.75) is 39.0 Å². The van der Waals surface area contributed by atoms with Gasteiger partial charge >= 0.3 is 0 Å². The minimum Gasteiger partial charge on any atom is -0.376 e. The first kappa shape index (κ1) is 15.1. The van der Waals surface area contributed by atoms with Crippen LogP contribution in [0.4, 0.5) is 4.39 Å². The van der Waals surface area contributed by atoms with E-state index in [0.29, 0.717) is 18.8 Å². The Hall–Kier alpha value is -0.970. The molecule has 1 aromatic carbocycles. The fourth-order valence-electron chi connectivity index (χ4n) is 1.69. The van der Waals surface area contributed by atoms with Gasteiger partial charge in [-0.1, -0.05) is 18.2 Å². The number of halogens is 1. The summed E-state index contributed by atoms with van der Waals surface area (Å²) in [4.78, 5) is 0. The van der Waals surface area contributed by atoms with Gasteiger partial charge in [0.25, 0.3) is 0 Å². The average Bonchev–Trinajstić information content (AvgIpc) is 2.30. The maximum absolute atomic E-state index is 13.7. The lowest BCUT2D eigenvalue weighted by Crippen LogP contribution is -2.29. The Morgan fingerprint density at radius 2 is 1.72 bits per heavy atom. The molecule has 18 heavy (non-hydrogen) atoms. The highest BCUT2D eigenvalue weighted by molar-refractivity contribution is 5.21. The molecule has 0 heterocycles. The predicted octanol–water partition coefficient (Wildman–Crippen LogP) is 2.66. The van der Waals surface area contributed by atoms with Crippen molar-refractivity contribution in [3.63, 3.8) is 0 Å². The first-order valence-corrected chi connectivity index (χ1v) is 6.25. The van der Waals surface area contributed by atoms with Gasteiger partial charge in [0.15, 0.2) is 0 Å². The number of hydrogen-bond acceptors (Lipinski definition) is 3. The smallest absolute Gasteiger partial charge is 0.129 e. The summed E-state index contributed by atoms with van der Waals surface area (Å²) in [6.45, 7) is 6.61. The SMILES string of the molecule is CC(C)OCCOC(c1ccccc1F)C(C)N. The maximum atomic E-state index is 13.7. The molecule has 4 heteroatoms. The summed E-state index contributed by atoms with van der Waals surface area (Å²) in [5.74, 6) is -0.287. The molecule has 0 amide bonds. The Kier molecular flexibility index (Phi) is 6.25. The van der Waals surface area contributed by atoms with Gasteiger partial charge in [0.2, 0.25) is 0 Å². The molecule has 0 aliphatic heterocycles. The van der Waals surface area contributed by atoms with Crippen LogP contribution in [0.1, 0.15) is 32.4 Å². The predicted molar refractivity (Wildman–Crippen MR) is 69.8 cm³/mol. The molecule has 0 aliphatic rings. The zero-order valence-electron chi connectivity index (χ0n) is 11.2. The molecule has 0 spiro atoms. The highest BCUT2D eigenvalue weighted by atomic mass is 19.1. The van der Waals surface area contributed by atoms with E-state index in [1.165, 1.54) is 6.07 Å². The Bertz CT molecular complexity index is 355. The fourth-order valence-corrected chi connectivity index (χ4v) is 1.69. The average molecular weight is 255 g/mol. The number of nitrogens with two attached hydrogens (primary N) is 1. The molecule has 1 aromatic rings. The quantitative estimate of drug-likeness (QED) is 0.762. The van der Waals surface area contributed by atoms with Gasteiger partial charge in [-0.05, 0) is 26.8 Å². The van der Waals surface area contributed by atoms with E-state index in [-0.39, 0.29) is 18.0 Å². The van der Waals surface area contributed by atoms with Crippen LogP contribution in [0.15, 0.2) is 24.3 Å². The van der Waals surface area contributed by atoms with E-state index in [1.807, 2.05) is 13.8 Å². The van der Waals surface area contributed by atoms with Gasteiger partial charge in [-0.2, -0.15) is 0 Å². The molecule has 2 N–H and O–H groups in total. The molecule has 0 saturated heterocycles. The van der Waals surface area contributed by atoms with E-state index in [1.54, 1.807) is 25.1 Å². The standard InChI is InChI=1S/C14H22FNO2/c1-10(2)17-8-9-18-14(11(3)16)12-6-4-5-7-13(12)15/h4-7,10-11,14H,8-9,16H2,1-3H3. The van der Waals surface area contributed by atoms with Crippen molar-refractivity contribution in [1.82, 2.24) is 0 Å². The van der Waals surface area contributed by atoms with Crippen molar-refractivity contribution in [3.05, 3.63) is 35.6 Å². The Morgan fingerprint density at radius 1 is 1.11 bits per heavy atom. The highest BCUT2D eigenvalue weighted by Crippen LogP contribution is 2.22. The summed E-state index contributed by atoms with van der Waals surface area (Å²) in [5, 5.41) is 0. The summed E-state index contributed by atoms with van der Waals surface area (Å²) >= 11 is 0. The van der Waals surface area contributed by atoms with Crippen LogP contribution in [0, 0.1) is 5.82 Å². The minimum atomic E-state index is -0.443. The molecular weight excluding hydrogens is 233 g/mol. The van der Waals surface area contributed by atoms with Crippen molar-refractivity contribution in [2.75, 3.05) is 13.2 Å². The van der Waals surface area contributed by atoms with Crippen LogP contribution >= 0.6 is 0 Å². The number of hydrogen-bond donors (Lipinski definition) is 1. The third-order valence-corrected chi connectivity index (χ3v) is 2.52. The summed E-state index contributed by atoms with van der Waals surface area (Å²) in [6.07, 6.45) is -0.280. The first-order chi connectivity index (χ1) is 8.52. The Morgan fingerprint density at radius 3 is 2.28 bits per heavy atom. The van der Waals surface area contributed by atoms with Gasteiger partial charge in [0.05, 0.1) is 19.3 Å². The maximum Gasteiger partial charge on any atom is 0.129 e. The number of rotatable bonds is 7. The zero-order chi connectivity index (χ0) is 13.5. The summed E-state index contributed by atoms with van der Waals surface area (Å²) in [7, 11) is 0. The molecular formula is C14H22FNO2. The van der Waals surface area contributed by atoms with Crippen molar-refractivity contribution < 1.29 is 13.9 Å². The first-order valence-electron chi connectivity index (χ1n) is 6.25. The topological polar surface area (TPSA) is 44.5 Å². The molecule has 2 atom stereocenters. The van der Waals surface area contributed by atoms with Crippen molar-refractivity contribution >= 4 is 0 Å². The summed E-state index contributed by atoms with van der Waals surface area (Å²) in [5.41, 5.74) is 6.34. The normalized spacial score (nSPS) is 14.8. The van der Waals surface area contributed by atoms with E-state index < -0.39 is 6.10 Å². The molecule has 0 aromatic heterocycles. The molecule has 102 valence electrons. The van der Waals surface area contributed by atoms with Crippen molar-refractivity contribution in [2.24, 2.45) is 5.73 Å². The third-order valence-electron chi connectivity index (χ3n) is 2.52. The minimum absolute atomic E-state index is 0.163. The Labute approximate surface area is 108 Å². The number of ether oxygens (including phenoxy) is 2. The molecule has 0 aliphatic carbocycles. The summed E-state index contributed by atoms with van der Waals surface area (Å²) in [6, 6.07) is 6.27. The monoisotopic (exact) mass is 255 g/mol. The van der Waals surface area contributed by atoms with Crippen LogP contribution in [0.25, 0.3) is 0 Å². The lowest BCUT2D eigenvalue weighted by Gasteiger charge is -2.22. The lowest BCUT2D eigenvalue weighted by atomic mass is 10.0. The van der Waals surface area contributed by atoms with Gasteiger partial charge in [-0.25, -0.2) is 4.39 Å². The van der Waals surface area contributed by atoms with E-state index >= 15 is 0 Å². The highest BCUT2D eigenvalue weighted by Gasteiger charge is 2.20. The second-order valence-electron chi connectivity index (χ2n) is 4.59.